The molecule has 1 aromatic rings. The molecule has 1 saturated heterocycles. The van der Waals surface area contributed by atoms with Gasteiger partial charge in [0, 0.05) is 31.2 Å². The monoisotopic (exact) mass is 266 g/mol. The summed E-state index contributed by atoms with van der Waals surface area (Å²) >= 11 is 0. The lowest BCUT2D eigenvalue weighted by Crippen LogP contribution is -2.45. The van der Waals surface area contributed by atoms with E-state index >= 15 is 0 Å². The Kier molecular flexibility index (Phi) is 4.93. The van der Waals surface area contributed by atoms with E-state index in [0.717, 1.165) is 44.1 Å². The summed E-state index contributed by atoms with van der Waals surface area (Å²) in [7, 11) is 0. The quantitative estimate of drug-likeness (QED) is 0.793. The maximum absolute atomic E-state index is 11.9. The van der Waals surface area contributed by atoms with Gasteiger partial charge in [0.2, 0.25) is 5.91 Å². The highest BCUT2D eigenvalue weighted by Gasteiger charge is 2.16. The summed E-state index contributed by atoms with van der Waals surface area (Å²) in [5, 5.41) is 10.1. The third-order valence-electron chi connectivity index (χ3n) is 3.15. The van der Waals surface area contributed by atoms with Crippen molar-refractivity contribution in [1.29, 1.82) is 0 Å². The fraction of sp³-hybridized carbons (Fsp3) is 0.692. The standard InChI is InChI=1S/C13H22N4O2/c1-10(7-12-8-11(2)15-16-12)14-13(18)9-17-3-5-19-6-4-17/h8,10H,3-7,9H2,1-2H3,(H,14,18)(H,15,16). The van der Waals surface area contributed by atoms with Crippen molar-refractivity contribution in [1.82, 2.24) is 20.4 Å². The number of morpholine rings is 1. The Morgan fingerprint density at radius 3 is 2.95 bits per heavy atom. The van der Waals surface area contributed by atoms with Gasteiger partial charge in [-0.25, -0.2) is 0 Å². The van der Waals surface area contributed by atoms with Gasteiger partial charge in [-0.2, -0.15) is 5.10 Å². The minimum Gasteiger partial charge on any atom is -0.379 e. The summed E-state index contributed by atoms with van der Waals surface area (Å²) in [6, 6.07) is 2.10. The van der Waals surface area contributed by atoms with Crippen molar-refractivity contribution in [3.63, 3.8) is 0 Å². The van der Waals surface area contributed by atoms with Crippen LogP contribution in [-0.2, 0) is 16.0 Å². The van der Waals surface area contributed by atoms with Crippen molar-refractivity contribution >= 4 is 5.91 Å². The number of aromatic nitrogens is 2. The van der Waals surface area contributed by atoms with E-state index in [9.17, 15) is 4.79 Å². The Hall–Kier alpha value is -1.40. The second kappa shape index (κ2) is 6.68. The van der Waals surface area contributed by atoms with Gasteiger partial charge in [0.1, 0.15) is 0 Å². The van der Waals surface area contributed by atoms with Crippen LogP contribution in [-0.4, -0.2) is 59.9 Å². The van der Waals surface area contributed by atoms with Crippen molar-refractivity contribution in [2.75, 3.05) is 32.8 Å². The fourth-order valence-electron chi connectivity index (χ4n) is 2.23. The highest BCUT2D eigenvalue weighted by molar-refractivity contribution is 5.78. The van der Waals surface area contributed by atoms with Crippen LogP contribution in [0.3, 0.4) is 0 Å². The van der Waals surface area contributed by atoms with E-state index in [1.165, 1.54) is 0 Å². The van der Waals surface area contributed by atoms with E-state index in [1.54, 1.807) is 0 Å². The molecule has 6 nitrogen and oxygen atoms in total. The van der Waals surface area contributed by atoms with E-state index in [2.05, 4.69) is 20.4 Å². The lowest BCUT2D eigenvalue weighted by atomic mass is 10.2. The molecule has 1 fully saturated rings. The van der Waals surface area contributed by atoms with Gasteiger partial charge >= 0.3 is 0 Å². The van der Waals surface area contributed by atoms with E-state index in [-0.39, 0.29) is 11.9 Å². The van der Waals surface area contributed by atoms with Gasteiger partial charge in [-0.1, -0.05) is 0 Å². The van der Waals surface area contributed by atoms with Crippen LogP contribution < -0.4 is 5.32 Å². The molecular weight excluding hydrogens is 244 g/mol. The first kappa shape index (κ1) is 14.0. The summed E-state index contributed by atoms with van der Waals surface area (Å²) in [5.41, 5.74) is 2.03. The minimum atomic E-state index is 0.0710. The van der Waals surface area contributed by atoms with Crippen molar-refractivity contribution in [3.05, 3.63) is 17.5 Å². The number of aryl methyl sites for hydroxylation is 1. The summed E-state index contributed by atoms with van der Waals surface area (Å²) in [6.45, 7) is 7.53. The van der Waals surface area contributed by atoms with E-state index in [0.29, 0.717) is 6.54 Å². The third kappa shape index (κ3) is 4.65. The number of rotatable bonds is 5. The van der Waals surface area contributed by atoms with Crippen LogP contribution >= 0.6 is 0 Å². The highest BCUT2D eigenvalue weighted by Crippen LogP contribution is 2.02. The predicted octanol–water partition coefficient (Wildman–Crippen LogP) is 0.0975. The largest absolute Gasteiger partial charge is 0.379 e. The van der Waals surface area contributed by atoms with E-state index in [4.69, 9.17) is 4.74 Å². The highest BCUT2D eigenvalue weighted by atomic mass is 16.5. The molecule has 2 rings (SSSR count). The van der Waals surface area contributed by atoms with Crippen LogP contribution in [0, 0.1) is 6.92 Å². The normalized spacial score (nSPS) is 18.2. The number of hydrogen-bond acceptors (Lipinski definition) is 4. The average molecular weight is 266 g/mol. The molecule has 0 aliphatic carbocycles. The SMILES string of the molecule is Cc1cc(CC(C)NC(=O)CN2CCOCC2)n[nH]1. The van der Waals surface area contributed by atoms with Gasteiger partial charge in [-0.05, 0) is 19.9 Å². The molecule has 1 amide bonds. The molecule has 0 aromatic carbocycles. The Labute approximate surface area is 113 Å². The smallest absolute Gasteiger partial charge is 0.234 e. The molecule has 1 aliphatic heterocycles. The van der Waals surface area contributed by atoms with Crippen molar-refractivity contribution in [3.8, 4) is 0 Å². The Balaban J connectivity index is 1.71. The molecule has 19 heavy (non-hydrogen) atoms. The molecule has 0 saturated carbocycles. The number of amides is 1. The number of H-pyrrole nitrogens is 1. The minimum absolute atomic E-state index is 0.0710. The zero-order valence-electron chi connectivity index (χ0n) is 11.6. The van der Waals surface area contributed by atoms with Crippen LogP contribution in [0.5, 0.6) is 0 Å². The molecule has 1 aromatic heterocycles. The maximum Gasteiger partial charge on any atom is 0.234 e. The van der Waals surface area contributed by atoms with Gasteiger partial charge < -0.3 is 10.1 Å². The first-order valence-corrected chi connectivity index (χ1v) is 6.74. The lowest BCUT2D eigenvalue weighted by molar-refractivity contribution is -0.123. The Bertz CT molecular complexity index is 413. The molecule has 0 spiro atoms. The van der Waals surface area contributed by atoms with Gasteiger partial charge in [-0.3, -0.25) is 14.8 Å². The number of nitrogens with zero attached hydrogens (tertiary/aromatic N) is 2. The molecular formula is C13H22N4O2. The van der Waals surface area contributed by atoms with Crippen LogP contribution in [0.2, 0.25) is 0 Å². The third-order valence-corrected chi connectivity index (χ3v) is 3.15. The number of carbonyl (C=O) groups is 1. The lowest BCUT2D eigenvalue weighted by Gasteiger charge is -2.26. The molecule has 0 radical (unpaired) electrons. The van der Waals surface area contributed by atoms with Gasteiger partial charge in [0.05, 0.1) is 25.5 Å². The molecule has 2 heterocycles. The van der Waals surface area contributed by atoms with Gasteiger partial charge in [0.15, 0.2) is 0 Å². The molecule has 1 unspecified atom stereocenters. The zero-order chi connectivity index (χ0) is 13.7. The van der Waals surface area contributed by atoms with Crippen LogP contribution in [0.25, 0.3) is 0 Å². The number of nitrogens with one attached hydrogen (secondary N) is 2. The topological polar surface area (TPSA) is 70.2 Å². The van der Waals surface area contributed by atoms with Crippen molar-refractivity contribution < 1.29 is 9.53 Å². The first-order chi connectivity index (χ1) is 9.13. The van der Waals surface area contributed by atoms with E-state index < -0.39 is 0 Å². The molecule has 1 aliphatic rings. The van der Waals surface area contributed by atoms with Crippen molar-refractivity contribution in [2.24, 2.45) is 0 Å². The number of ether oxygens (including phenoxy) is 1. The zero-order valence-corrected chi connectivity index (χ0v) is 11.6. The Morgan fingerprint density at radius 1 is 1.58 bits per heavy atom. The molecule has 106 valence electrons. The first-order valence-electron chi connectivity index (χ1n) is 6.74. The fourth-order valence-corrected chi connectivity index (χ4v) is 2.23. The number of carbonyl (C=O) groups excluding carboxylic acids is 1. The summed E-state index contributed by atoms with van der Waals surface area (Å²) in [4.78, 5) is 14.0. The predicted molar refractivity (Wildman–Crippen MR) is 71.9 cm³/mol. The van der Waals surface area contributed by atoms with Crippen LogP contribution in [0.4, 0.5) is 0 Å². The van der Waals surface area contributed by atoms with Gasteiger partial charge in [0.25, 0.3) is 0 Å². The molecule has 0 bridgehead atoms. The summed E-state index contributed by atoms with van der Waals surface area (Å²) in [5.74, 6) is 0.0710. The van der Waals surface area contributed by atoms with Crippen molar-refractivity contribution in [2.45, 2.75) is 26.3 Å². The number of hydrogen-bond donors (Lipinski definition) is 2. The average Bonchev–Trinajstić information content (AvgIpc) is 2.75. The Morgan fingerprint density at radius 2 is 2.32 bits per heavy atom. The second-order valence-corrected chi connectivity index (χ2v) is 5.10. The van der Waals surface area contributed by atoms with Gasteiger partial charge in [-0.15, -0.1) is 0 Å². The summed E-state index contributed by atoms with van der Waals surface area (Å²) < 4.78 is 5.26. The summed E-state index contributed by atoms with van der Waals surface area (Å²) in [6.07, 6.45) is 0.749. The molecule has 2 N–H and O–H groups in total. The van der Waals surface area contributed by atoms with Crippen LogP contribution in [0.15, 0.2) is 6.07 Å². The maximum atomic E-state index is 11.9. The van der Waals surface area contributed by atoms with Crippen LogP contribution in [0.1, 0.15) is 18.3 Å². The molecule has 1 atom stereocenters. The number of aromatic amines is 1. The van der Waals surface area contributed by atoms with E-state index in [1.807, 2.05) is 19.9 Å². The second-order valence-electron chi connectivity index (χ2n) is 5.10. The molecule has 6 heteroatoms.